The summed E-state index contributed by atoms with van der Waals surface area (Å²) in [6.45, 7) is 6.18. The maximum absolute atomic E-state index is 12.8. The van der Waals surface area contributed by atoms with E-state index in [1.807, 2.05) is 73.7 Å². The van der Waals surface area contributed by atoms with E-state index in [-0.39, 0.29) is 19.1 Å². The number of nitrogens with zero attached hydrogens (tertiary/aromatic N) is 3. The van der Waals surface area contributed by atoms with Gasteiger partial charge in [0.25, 0.3) is 5.91 Å². The van der Waals surface area contributed by atoms with Gasteiger partial charge in [-0.05, 0) is 24.4 Å². The van der Waals surface area contributed by atoms with Gasteiger partial charge in [-0.25, -0.2) is 0 Å². The number of aryl methyl sites for hydroxylation is 1. The van der Waals surface area contributed by atoms with Crippen LogP contribution in [0.3, 0.4) is 0 Å². The van der Waals surface area contributed by atoms with Gasteiger partial charge in [0.05, 0.1) is 0 Å². The summed E-state index contributed by atoms with van der Waals surface area (Å²) in [5.41, 5.74) is 1.98. The molecule has 156 valence electrons. The molecule has 31 heavy (non-hydrogen) atoms. The quantitative estimate of drug-likeness (QED) is 0.389. The molecule has 0 aliphatic carbocycles. The first kappa shape index (κ1) is 20.3. The van der Waals surface area contributed by atoms with E-state index in [2.05, 4.69) is 16.7 Å². The van der Waals surface area contributed by atoms with Gasteiger partial charge in [0.1, 0.15) is 12.3 Å². The molecule has 1 aromatic heterocycles. The molecule has 1 heterocycles. The predicted molar refractivity (Wildman–Crippen MR) is 120 cm³/mol. The zero-order valence-corrected chi connectivity index (χ0v) is 17.3. The van der Waals surface area contributed by atoms with Crippen molar-refractivity contribution in [3.63, 3.8) is 0 Å². The summed E-state index contributed by atoms with van der Waals surface area (Å²) >= 11 is 0. The van der Waals surface area contributed by atoms with E-state index in [1.165, 1.54) is 0 Å². The molecule has 0 bridgehead atoms. The second kappa shape index (κ2) is 9.26. The van der Waals surface area contributed by atoms with Crippen LogP contribution >= 0.6 is 0 Å². The van der Waals surface area contributed by atoms with E-state index >= 15 is 0 Å². The maximum Gasteiger partial charge on any atom is 0.261 e. The second-order valence-electron chi connectivity index (χ2n) is 7.21. The molecule has 4 aromatic rings. The molecule has 0 atom stereocenters. The number of fused-ring (bicyclic) bond motifs is 1. The monoisotopic (exact) mass is 413 g/mol. The van der Waals surface area contributed by atoms with E-state index < -0.39 is 0 Å². The Labute approximate surface area is 180 Å². The summed E-state index contributed by atoms with van der Waals surface area (Å²) in [6.07, 6.45) is 1.66. The largest absolute Gasteiger partial charge is 0.483 e. The summed E-state index contributed by atoms with van der Waals surface area (Å²) in [6, 6.07) is 21.5. The van der Waals surface area contributed by atoms with Gasteiger partial charge in [-0.3, -0.25) is 4.79 Å². The minimum Gasteiger partial charge on any atom is -0.483 e. The summed E-state index contributed by atoms with van der Waals surface area (Å²) in [4.78, 5) is 18.8. The zero-order valence-electron chi connectivity index (χ0n) is 17.3. The van der Waals surface area contributed by atoms with Crippen molar-refractivity contribution in [1.29, 1.82) is 0 Å². The molecule has 1 amide bonds. The molecule has 0 spiro atoms. The van der Waals surface area contributed by atoms with E-state index in [0.29, 0.717) is 24.0 Å². The van der Waals surface area contributed by atoms with Crippen molar-refractivity contribution >= 4 is 16.7 Å². The van der Waals surface area contributed by atoms with Crippen LogP contribution in [-0.4, -0.2) is 34.1 Å². The summed E-state index contributed by atoms with van der Waals surface area (Å²) in [5, 5.41) is 6.07. The number of aromatic nitrogens is 2. The van der Waals surface area contributed by atoms with Crippen LogP contribution < -0.4 is 4.74 Å². The fraction of sp³-hybridized carbons (Fsp3) is 0.160. The van der Waals surface area contributed by atoms with Crippen molar-refractivity contribution in [2.45, 2.75) is 13.5 Å². The highest BCUT2D eigenvalue weighted by Crippen LogP contribution is 2.25. The molecule has 0 saturated carbocycles. The molecule has 3 aromatic carbocycles. The molecule has 0 radical (unpaired) electrons. The maximum atomic E-state index is 12.8. The average molecular weight is 413 g/mol. The first-order valence-corrected chi connectivity index (χ1v) is 10.0. The van der Waals surface area contributed by atoms with Crippen molar-refractivity contribution in [2.75, 3.05) is 13.2 Å². The van der Waals surface area contributed by atoms with E-state index in [4.69, 9.17) is 9.26 Å². The number of hydrogen-bond donors (Lipinski definition) is 0. The van der Waals surface area contributed by atoms with Crippen LogP contribution in [0.5, 0.6) is 5.75 Å². The number of benzene rings is 3. The third-order valence-corrected chi connectivity index (χ3v) is 4.87. The van der Waals surface area contributed by atoms with Crippen molar-refractivity contribution in [3.05, 3.63) is 90.8 Å². The summed E-state index contributed by atoms with van der Waals surface area (Å²) < 4.78 is 11.2. The van der Waals surface area contributed by atoms with Gasteiger partial charge in [0.15, 0.2) is 6.61 Å². The number of ether oxygens (including phenoxy) is 1. The fourth-order valence-electron chi connectivity index (χ4n) is 3.35. The zero-order chi connectivity index (χ0) is 21.6. The lowest BCUT2D eigenvalue weighted by Crippen LogP contribution is -2.34. The van der Waals surface area contributed by atoms with Gasteiger partial charge in [-0.15, -0.1) is 6.58 Å². The Hall–Kier alpha value is -3.93. The van der Waals surface area contributed by atoms with Crippen LogP contribution in [0, 0.1) is 6.92 Å². The lowest BCUT2D eigenvalue weighted by atomic mass is 10.1. The second-order valence-corrected chi connectivity index (χ2v) is 7.21. The molecule has 0 aliphatic heterocycles. The van der Waals surface area contributed by atoms with Crippen molar-refractivity contribution < 1.29 is 14.1 Å². The number of rotatable bonds is 8. The molecule has 0 aliphatic rings. The highest BCUT2D eigenvalue weighted by Gasteiger charge is 2.18. The molecule has 6 heteroatoms. The number of amides is 1. The first-order chi connectivity index (χ1) is 15.1. The van der Waals surface area contributed by atoms with Crippen molar-refractivity contribution in [2.24, 2.45) is 0 Å². The van der Waals surface area contributed by atoms with Gasteiger partial charge in [0, 0.05) is 17.5 Å². The summed E-state index contributed by atoms with van der Waals surface area (Å²) in [5.74, 6) is 1.33. The van der Waals surface area contributed by atoms with E-state index in [0.717, 1.165) is 21.9 Å². The van der Waals surface area contributed by atoms with Gasteiger partial charge >= 0.3 is 0 Å². The van der Waals surface area contributed by atoms with Crippen molar-refractivity contribution in [3.8, 4) is 17.1 Å². The Balaban J connectivity index is 1.45. The highest BCUT2D eigenvalue weighted by molar-refractivity contribution is 5.88. The first-order valence-electron chi connectivity index (χ1n) is 10.0. The Kier molecular flexibility index (Phi) is 6.08. The summed E-state index contributed by atoms with van der Waals surface area (Å²) in [7, 11) is 0. The third kappa shape index (κ3) is 4.80. The van der Waals surface area contributed by atoms with Crippen LogP contribution in [0.2, 0.25) is 0 Å². The smallest absolute Gasteiger partial charge is 0.261 e. The van der Waals surface area contributed by atoms with Crippen LogP contribution in [0.15, 0.2) is 83.9 Å². The fourth-order valence-corrected chi connectivity index (χ4v) is 3.35. The minimum atomic E-state index is -0.192. The minimum absolute atomic E-state index is 0.0965. The predicted octanol–water partition coefficient (Wildman–Crippen LogP) is 4.79. The van der Waals surface area contributed by atoms with Crippen LogP contribution in [0.4, 0.5) is 0 Å². The van der Waals surface area contributed by atoms with Crippen LogP contribution in [0.1, 0.15) is 11.5 Å². The molecule has 0 fully saturated rings. The van der Waals surface area contributed by atoms with Gasteiger partial charge < -0.3 is 14.2 Å². The Morgan fingerprint density at radius 2 is 1.94 bits per heavy atom. The topological polar surface area (TPSA) is 68.5 Å². The Morgan fingerprint density at radius 3 is 2.77 bits per heavy atom. The molecule has 4 rings (SSSR count). The van der Waals surface area contributed by atoms with Gasteiger partial charge in [-0.2, -0.15) is 4.98 Å². The van der Waals surface area contributed by atoms with Crippen molar-refractivity contribution in [1.82, 2.24) is 15.0 Å². The Morgan fingerprint density at radius 1 is 1.13 bits per heavy atom. The van der Waals surface area contributed by atoms with E-state index in [9.17, 15) is 4.79 Å². The number of hydrogen-bond acceptors (Lipinski definition) is 5. The van der Waals surface area contributed by atoms with Crippen LogP contribution in [-0.2, 0) is 11.3 Å². The molecular formula is C25H23N3O3. The standard InChI is InChI=1S/C25H23N3O3/c1-3-14-28(16-23-26-25(27-31-23)20-11-6-8-18(2)15-20)24(29)17-30-22-13-7-10-19-9-4-5-12-21(19)22/h3-13,15H,1,14,16-17H2,2H3. The SMILES string of the molecule is C=CCN(Cc1nc(-c2cccc(C)c2)no1)C(=O)COc1cccc2ccccc12. The van der Waals surface area contributed by atoms with Gasteiger partial charge in [0.2, 0.25) is 11.7 Å². The Bertz CT molecular complexity index is 1210. The highest BCUT2D eigenvalue weighted by atomic mass is 16.5. The number of carbonyl (C=O) groups is 1. The lowest BCUT2D eigenvalue weighted by Gasteiger charge is -2.19. The third-order valence-electron chi connectivity index (χ3n) is 4.87. The molecule has 0 N–H and O–H groups in total. The van der Waals surface area contributed by atoms with Crippen LogP contribution in [0.25, 0.3) is 22.2 Å². The van der Waals surface area contributed by atoms with E-state index in [1.54, 1.807) is 11.0 Å². The lowest BCUT2D eigenvalue weighted by molar-refractivity contribution is -0.133. The number of carbonyl (C=O) groups excluding carboxylic acids is 1. The molecule has 0 unspecified atom stereocenters. The normalized spacial score (nSPS) is 10.7. The van der Waals surface area contributed by atoms with Gasteiger partial charge in [-0.1, -0.05) is 71.4 Å². The molecular weight excluding hydrogens is 390 g/mol. The molecule has 6 nitrogen and oxygen atoms in total. The average Bonchev–Trinajstić information content (AvgIpc) is 3.26. The molecule has 0 saturated heterocycles.